The summed E-state index contributed by atoms with van der Waals surface area (Å²) in [5.41, 5.74) is 7.29. The summed E-state index contributed by atoms with van der Waals surface area (Å²) in [6, 6.07) is 14.4. The van der Waals surface area contributed by atoms with Gasteiger partial charge in [0.25, 0.3) is 0 Å². The zero-order valence-corrected chi connectivity index (χ0v) is 12.0. The van der Waals surface area contributed by atoms with Crippen LogP contribution in [0.4, 0.5) is 0 Å². The lowest BCUT2D eigenvalue weighted by Gasteiger charge is -2.22. The van der Waals surface area contributed by atoms with Crippen LogP contribution in [0.25, 0.3) is 10.8 Å². The molecular formula is C17H21NO2. The van der Waals surface area contributed by atoms with Gasteiger partial charge in [0.1, 0.15) is 0 Å². The van der Waals surface area contributed by atoms with Gasteiger partial charge >= 0.3 is 5.97 Å². The number of carbonyl (C=O) groups excluding carboxylic acids is 1. The van der Waals surface area contributed by atoms with E-state index in [4.69, 9.17) is 10.5 Å². The first-order chi connectivity index (χ1) is 9.65. The van der Waals surface area contributed by atoms with Crippen molar-refractivity contribution in [3.05, 3.63) is 48.0 Å². The zero-order chi connectivity index (χ0) is 14.5. The van der Waals surface area contributed by atoms with Gasteiger partial charge in [-0.3, -0.25) is 4.79 Å². The minimum Gasteiger partial charge on any atom is -0.469 e. The van der Waals surface area contributed by atoms with Gasteiger partial charge in [-0.25, -0.2) is 0 Å². The molecule has 0 bridgehead atoms. The van der Waals surface area contributed by atoms with Crippen LogP contribution in [-0.2, 0) is 9.53 Å². The number of fused-ring (bicyclic) bond motifs is 1. The summed E-state index contributed by atoms with van der Waals surface area (Å²) in [5.74, 6) is -0.218. The molecule has 0 spiro atoms. The maximum Gasteiger partial charge on any atom is 0.306 e. The highest BCUT2D eigenvalue weighted by Gasteiger charge is 2.22. The Morgan fingerprint density at radius 2 is 1.90 bits per heavy atom. The van der Waals surface area contributed by atoms with Gasteiger partial charge in [-0.15, -0.1) is 0 Å². The summed E-state index contributed by atoms with van der Waals surface area (Å²) in [4.78, 5) is 11.6. The van der Waals surface area contributed by atoms with Gasteiger partial charge in [-0.2, -0.15) is 0 Å². The van der Waals surface area contributed by atoms with E-state index in [1.54, 1.807) is 0 Å². The molecule has 20 heavy (non-hydrogen) atoms. The first-order valence-corrected chi connectivity index (χ1v) is 6.96. The molecule has 0 radical (unpaired) electrons. The molecule has 3 heteroatoms. The van der Waals surface area contributed by atoms with Crippen LogP contribution in [0, 0.1) is 0 Å². The van der Waals surface area contributed by atoms with E-state index in [9.17, 15) is 4.79 Å². The molecule has 0 aliphatic carbocycles. The minimum atomic E-state index is -0.216. The Balaban J connectivity index is 2.36. The third kappa shape index (κ3) is 3.17. The number of esters is 1. The van der Waals surface area contributed by atoms with Crippen molar-refractivity contribution >= 4 is 16.7 Å². The highest BCUT2D eigenvalue weighted by Crippen LogP contribution is 2.27. The van der Waals surface area contributed by atoms with Crippen LogP contribution in [0.3, 0.4) is 0 Å². The van der Waals surface area contributed by atoms with Crippen LogP contribution in [0.1, 0.15) is 31.2 Å². The molecule has 2 aromatic rings. The second kappa shape index (κ2) is 6.53. The summed E-state index contributed by atoms with van der Waals surface area (Å²) in [7, 11) is 1.41. The Labute approximate surface area is 119 Å². The third-order valence-corrected chi connectivity index (χ3v) is 3.80. The van der Waals surface area contributed by atoms with Crippen molar-refractivity contribution in [1.82, 2.24) is 0 Å². The topological polar surface area (TPSA) is 52.3 Å². The van der Waals surface area contributed by atoms with Crippen molar-refractivity contribution in [3.63, 3.8) is 0 Å². The van der Waals surface area contributed by atoms with Crippen molar-refractivity contribution in [3.8, 4) is 0 Å². The Morgan fingerprint density at radius 3 is 2.55 bits per heavy atom. The molecule has 106 valence electrons. The average molecular weight is 271 g/mol. The normalized spacial score (nSPS) is 13.9. The largest absolute Gasteiger partial charge is 0.469 e. The molecule has 0 saturated carbocycles. The first kappa shape index (κ1) is 14.5. The number of benzene rings is 2. The van der Waals surface area contributed by atoms with E-state index in [0.717, 1.165) is 12.0 Å². The van der Waals surface area contributed by atoms with E-state index in [1.807, 2.05) is 19.1 Å². The van der Waals surface area contributed by atoms with E-state index in [-0.39, 0.29) is 17.9 Å². The van der Waals surface area contributed by atoms with Crippen molar-refractivity contribution in [2.24, 2.45) is 5.73 Å². The zero-order valence-electron chi connectivity index (χ0n) is 12.0. The minimum absolute atomic E-state index is 0.00273. The van der Waals surface area contributed by atoms with E-state index < -0.39 is 0 Å². The Hall–Kier alpha value is -1.87. The Bertz CT molecular complexity index is 594. The summed E-state index contributed by atoms with van der Waals surface area (Å²) >= 11 is 0. The molecule has 0 aliphatic rings. The Kier molecular flexibility index (Phi) is 4.74. The number of hydrogen-bond acceptors (Lipinski definition) is 3. The number of methoxy groups -OCH3 is 1. The molecule has 0 saturated heterocycles. The molecule has 2 unspecified atom stereocenters. The number of carbonyl (C=O) groups is 1. The maximum atomic E-state index is 11.6. The molecule has 2 rings (SSSR count). The molecule has 2 aromatic carbocycles. The summed E-state index contributed by atoms with van der Waals surface area (Å²) < 4.78 is 4.79. The quantitative estimate of drug-likeness (QED) is 0.849. The van der Waals surface area contributed by atoms with Crippen LogP contribution in [0.15, 0.2) is 42.5 Å². The summed E-state index contributed by atoms with van der Waals surface area (Å²) in [6.45, 7) is 2.04. The van der Waals surface area contributed by atoms with Crippen LogP contribution in [-0.4, -0.2) is 19.1 Å². The lowest BCUT2D eigenvalue weighted by molar-refractivity contribution is -0.141. The predicted molar refractivity (Wildman–Crippen MR) is 81.6 cm³/mol. The van der Waals surface area contributed by atoms with Crippen LogP contribution in [0.5, 0.6) is 0 Å². The second-order valence-electron chi connectivity index (χ2n) is 5.07. The van der Waals surface area contributed by atoms with Gasteiger partial charge in [0.15, 0.2) is 0 Å². The van der Waals surface area contributed by atoms with Gasteiger partial charge < -0.3 is 10.5 Å². The van der Waals surface area contributed by atoms with Gasteiger partial charge in [0.2, 0.25) is 0 Å². The van der Waals surface area contributed by atoms with E-state index in [1.165, 1.54) is 17.9 Å². The molecule has 2 atom stereocenters. The predicted octanol–water partition coefficient (Wildman–Crippen LogP) is 3.22. The summed E-state index contributed by atoms with van der Waals surface area (Å²) in [5, 5.41) is 2.36. The van der Waals surface area contributed by atoms with E-state index >= 15 is 0 Å². The SMILES string of the molecule is CCC(N)C(CC(=O)OC)c1ccc2ccccc2c1. The molecule has 0 aromatic heterocycles. The maximum absolute atomic E-state index is 11.6. The van der Waals surface area contributed by atoms with Crippen molar-refractivity contribution in [2.75, 3.05) is 7.11 Å². The molecule has 0 amide bonds. The highest BCUT2D eigenvalue weighted by molar-refractivity contribution is 5.83. The molecule has 0 fully saturated rings. The number of nitrogens with two attached hydrogens (primary N) is 1. The fraction of sp³-hybridized carbons (Fsp3) is 0.353. The fourth-order valence-electron chi connectivity index (χ4n) is 2.50. The number of rotatable bonds is 5. The average Bonchev–Trinajstić information content (AvgIpc) is 2.51. The molecule has 0 heterocycles. The highest BCUT2D eigenvalue weighted by atomic mass is 16.5. The van der Waals surface area contributed by atoms with Crippen molar-refractivity contribution in [2.45, 2.75) is 31.7 Å². The molecular weight excluding hydrogens is 250 g/mol. The smallest absolute Gasteiger partial charge is 0.306 e. The standard InChI is InChI=1S/C17H21NO2/c1-3-16(18)15(11-17(19)20-2)14-9-8-12-6-4-5-7-13(12)10-14/h4-10,15-16H,3,11,18H2,1-2H3. The molecule has 3 nitrogen and oxygen atoms in total. The molecule has 2 N–H and O–H groups in total. The first-order valence-electron chi connectivity index (χ1n) is 6.96. The van der Waals surface area contributed by atoms with Gasteiger partial charge in [-0.1, -0.05) is 49.4 Å². The van der Waals surface area contributed by atoms with Gasteiger partial charge in [0.05, 0.1) is 13.5 Å². The van der Waals surface area contributed by atoms with Crippen LogP contribution < -0.4 is 5.73 Å². The molecule has 0 aliphatic heterocycles. The van der Waals surface area contributed by atoms with Crippen LogP contribution in [0.2, 0.25) is 0 Å². The van der Waals surface area contributed by atoms with Crippen molar-refractivity contribution < 1.29 is 9.53 Å². The van der Waals surface area contributed by atoms with Crippen molar-refractivity contribution in [1.29, 1.82) is 0 Å². The van der Waals surface area contributed by atoms with Crippen LogP contribution >= 0.6 is 0 Å². The van der Waals surface area contributed by atoms with Gasteiger partial charge in [-0.05, 0) is 22.8 Å². The summed E-state index contributed by atoms with van der Waals surface area (Å²) in [6.07, 6.45) is 1.15. The lowest BCUT2D eigenvalue weighted by Crippen LogP contribution is -2.29. The third-order valence-electron chi connectivity index (χ3n) is 3.80. The van der Waals surface area contributed by atoms with Gasteiger partial charge in [0, 0.05) is 12.0 Å². The fourth-order valence-corrected chi connectivity index (χ4v) is 2.50. The van der Waals surface area contributed by atoms with E-state index in [2.05, 4.69) is 30.3 Å². The number of hydrogen-bond donors (Lipinski definition) is 1. The Morgan fingerprint density at radius 1 is 1.20 bits per heavy atom. The monoisotopic (exact) mass is 271 g/mol. The number of ether oxygens (including phenoxy) is 1. The lowest BCUT2D eigenvalue weighted by atomic mass is 9.86. The van der Waals surface area contributed by atoms with E-state index in [0.29, 0.717) is 6.42 Å². The second-order valence-corrected chi connectivity index (χ2v) is 5.07.